The fourth-order valence-corrected chi connectivity index (χ4v) is 5.23. The molecule has 5 N–H and O–H groups in total. The van der Waals surface area contributed by atoms with Gasteiger partial charge in [0.15, 0.2) is 0 Å². The monoisotopic (exact) mass is 631 g/mol. The molecule has 0 unspecified atom stereocenters. The SMILES string of the molecule is Nc1cc(O)cc(N=Nc2ccc(N=Nc3cc4cc(N=Nc5ccccc5)c(S(=O)(=O)O)cc4cc3S(=O)(=O)O)cc2)c1. The molecule has 0 aliphatic carbocycles. The molecular formula is C28H21N7O7S2. The maximum absolute atomic E-state index is 12.2. The van der Waals surface area contributed by atoms with Gasteiger partial charge in [0, 0.05) is 17.8 Å². The molecule has 0 atom stereocenters. The summed E-state index contributed by atoms with van der Waals surface area (Å²) in [5.74, 6) is -0.0562. The molecule has 0 aliphatic rings. The minimum Gasteiger partial charge on any atom is -0.508 e. The lowest BCUT2D eigenvalue weighted by Gasteiger charge is -2.09. The van der Waals surface area contributed by atoms with Gasteiger partial charge in [0.1, 0.15) is 26.9 Å². The lowest BCUT2D eigenvalue weighted by Crippen LogP contribution is -2.01. The molecule has 0 bridgehead atoms. The lowest BCUT2D eigenvalue weighted by atomic mass is 10.1. The summed E-state index contributed by atoms with van der Waals surface area (Å²) in [5, 5.41) is 34.0. The third-order valence-electron chi connectivity index (χ3n) is 5.91. The van der Waals surface area contributed by atoms with Gasteiger partial charge in [-0.25, -0.2) is 0 Å². The summed E-state index contributed by atoms with van der Waals surface area (Å²) in [7, 11) is -9.64. The van der Waals surface area contributed by atoms with Crippen molar-refractivity contribution < 1.29 is 31.0 Å². The zero-order chi connectivity index (χ0) is 31.5. The predicted molar refractivity (Wildman–Crippen MR) is 162 cm³/mol. The molecule has 0 radical (unpaired) electrons. The number of nitrogens with two attached hydrogens (primary N) is 1. The molecule has 5 rings (SSSR count). The molecule has 16 heteroatoms. The van der Waals surface area contributed by atoms with E-state index < -0.39 is 30.0 Å². The molecule has 0 amide bonds. The number of nitrogen functional groups attached to an aromatic ring is 1. The fraction of sp³-hybridized carbons (Fsp3) is 0. The van der Waals surface area contributed by atoms with Crippen molar-refractivity contribution in [2.45, 2.75) is 9.79 Å². The van der Waals surface area contributed by atoms with Crippen molar-refractivity contribution in [2.24, 2.45) is 30.7 Å². The number of phenolic OH excluding ortho intramolecular Hbond substituents is 1. The Balaban J connectivity index is 1.50. The summed E-state index contributed by atoms with van der Waals surface area (Å²) in [6, 6.07) is 23.5. The first-order valence-corrected chi connectivity index (χ1v) is 15.3. The first-order chi connectivity index (χ1) is 20.8. The molecule has 0 heterocycles. The van der Waals surface area contributed by atoms with Crippen LogP contribution in [0.15, 0.2) is 138 Å². The number of hydrogen-bond acceptors (Lipinski definition) is 12. The molecule has 0 fully saturated rings. The van der Waals surface area contributed by atoms with Gasteiger partial charge in [-0.3, -0.25) is 9.11 Å². The van der Waals surface area contributed by atoms with Crippen molar-refractivity contribution in [3.63, 3.8) is 0 Å². The van der Waals surface area contributed by atoms with Crippen LogP contribution in [-0.4, -0.2) is 31.0 Å². The van der Waals surface area contributed by atoms with Gasteiger partial charge in [-0.05, 0) is 77.5 Å². The second kappa shape index (κ2) is 12.1. The summed E-state index contributed by atoms with van der Waals surface area (Å²) in [4.78, 5) is -1.27. The maximum atomic E-state index is 12.2. The molecule has 0 saturated heterocycles. The second-order valence-electron chi connectivity index (χ2n) is 9.17. The predicted octanol–water partition coefficient (Wildman–Crippen LogP) is 7.87. The van der Waals surface area contributed by atoms with E-state index in [-0.39, 0.29) is 27.9 Å². The number of nitrogens with zero attached hydrogens (tertiary/aromatic N) is 6. The third-order valence-corrected chi connectivity index (χ3v) is 7.68. The Morgan fingerprint density at radius 2 is 0.932 bits per heavy atom. The summed E-state index contributed by atoms with van der Waals surface area (Å²) >= 11 is 0. The van der Waals surface area contributed by atoms with Crippen LogP contribution in [-0.2, 0) is 20.2 Å². The minimum absolute atomic E-state index is 0.0473. The molecule has 0 saturated carbocycles. The topological polar surface area (TPSA) is 229 Å². The molecule has 0 aliphatic heterocycles. The van der Waals surface area contributed by atoms with Crippen LogP contribution in [0.5, 0.6) is 5.75 Å². The summed E-state index contributed by atoms with van der Waals surface area (Å²) in [5.41, 5.74) is 7.02. The van der Waals surface area contributed by atoms with Gasteiger partial charge in [-0.1, -0.05) is 18.2 Å². The van der Waals surface area contributed by atoms with Gasteiger partial charge in [0.2, 0.25) is 0 Å². The van der Waals surface area contributed by atoms with Crippen molar-refractivity contribution in [2.75, 3.05) is 5.73 Å². The number of benzene rings is 5. The van der Waals surface area contributed by atoms with Crippen LogP contribution in [0.25, 0.3) is 10.8 Å². The van der Waals surface area contributed by atoms with Gasteiger partial charge in [-0.15, -0.1) is 10.2 Å². The molecule has 222 valence electrons. The van der Waals surface area contributed by atoms with E-state index in [0.29, 0.717) is 28.4 Å². The lowest BCUT2D eigenvalue weighted by molar-refractivity contribution is 0.475. The van der Waals surface area contributed by atoms with Gasteiger partial charge < -0.3 is 10.8 Å². The minimum atomic E-state index is -4.84. The number of azo groups is 3. The van der Waals surface area contributed by atoms with Crippen molar-refractivity contribution in [1.82, 2.24) is 0 Å². The van der Waals surface area contributed by atoms with Crippen LogP contribution in [0.1, 0.15) is 0 Å². The van der Waals surface area contributed by atoms with E-state index in [1.807, 2.05) is 0 Å². The van der Waals surface area contributed by atoms with Gasteiger partial charge in [0.25, 0.3) is 20.2 Å². The second-order valence-corrected chi connectivity index (χ2v) is 12.0. The maximum Gasteiger partial charge on any atom is 0.296 e. The van der Waals surface area contributed by atoms with Crippen LogP contribution in [0.3, 0.4) is 0 Å². The van der Waals surface area contributed by atoms with Crippen LogP contribution in [0, 0.1) is 0 Å². The van der Waals surface area contributed by atoms with Crippen molar-refractivity contribution in [3.05, 3.63) is 97.1 Å². The normalized spacial score (nSPS) is 12.6. The highest BCUT2D eigenvalue weighted by atomic mass is 32.2. The largest absolute Gasteiger partial charge is 0.508 e. The fourth-order valence-electron chi connectivity index (χ4n) is 3.95. The molecule has 14 nitrogen and oxygen atoms in total. The van der Waals surface area contributed by atoms with Crippen molar-refractivity contribution >= 4 is 70.8 Å². The Hall–Kier alpha value is -5.42. The van der Waals surface area contributed by atoms with Crippen molar-refractivity contribution in [1.29, 1.82) is 0 Å². The smallest absolute Gasteiger partial charge is 0.296 e. The van der Waals surface area contributed by atoms with Crippen LogP contribution in [0.2, 0.25) is 0 Å². The average Bonchev–Trinajstić information content (AvgIpc) is 2.96. The van der Waals surface area contributed by atoms with Crippen LogP contribution in [0.4, 0.5) is 39.8 Å². The average molecular weight is 632 g/mol. The first kappa shape index (κ1) is 30.1. The van der Waals surface area contributed by atoms with E-state index in [4.69, 9.17) is 5.73 Å². The van der Waals surface area contributed by atoms with E-state index in [1.165, 1.54) is 42.5 Å². The van der Waals surface area contributed by atoms with Gasteiger partial charge in [0.05, 0.1) is 22.7 Å². The quantitative estimate of drug-likeness (QED) is 0.0745. The summed E-state index contributed by atoms with van der Waals surface area (Å²) in [6.45, 7) is 0. The number of aromatic hydroxyl groups is 1. The van der Waals surface area contributed by atoms with E-state index in [1.54, 1.807) is 42.5 Å². The molecule has 44 heavy (non-hydrogen) atoms. The Morgan fingerprint density at radius 3 is 1.41 bits per heavy atom. The highest BCUT2D eigenvalue weighted by Gasteiger charge is 2.21. The highest BCUT2D eigenvalue weighted by Crippen LogP contribution is 2.37. The van der Waals surface area contributed by atoms with Crippen LogP contribution < -0.4 is 5.73 Å². The number of anilines is 1. The Labute approximate surface area is 250 Å². The van der Waals surface area contributed by atoms with E-state index in [2.05, 4.69) is 30.7 Å². The van der Waals surface area contributed by atoms with Gasteiger partial charge >= 0.3 is 0 Å². The Kier molecular flexibility index (Phi) is 8.23. The third kappa shape index (κ3) is 7.31. The molecule has 0 aromatic heterocycles. The number of rotatable bonds is 8. The highest BCUT2D eigenvalue weighted by molar-refractivity contribution is 7.86. The summed E-state index contributed by atoms with van der Waals surface area (Å²) in [6.07, 6.45) is 0. The van der Waals surface area contributed by atoms with E-state index in [0.717, 1.165) is 12.1 Å². The number of phenols is 1. The Bertz CT molecular complexity index is 2170. The van der Waals surface area contributed by atoms with Crippen molar-refractivity contribution in [3.8, 4) is 5.75 Å². The van der Waals surface area contributed by atoms with Gasteiger partial charge in [-0.2, -0.15) is 37.3 Å². The molecule has 0 spiro atoms. The molecule has 5 aromatic carbocycles. The standard InChI is InChI=1S/C28H21N7O7S2/c29-19-14-23(16-24(36)15-19)33-30-21-6-8-22(9-7-21)32-35-26-11-17-10-25(34-31-20-4-2-1-3-5-20)27(43(37,38)39)12-18(17)13-28(26)44(40,41)42/h1-16,36H,29H2,(H,37,38,39)(H,40,41,42). The van der Waals surface area contributed by atoms with Crippen LogP contribution >= 0.6 is 0 Å². The molecule has 5 aromatic rings. The number of fused-ring (bicyclic) bond motifs is 1. The zero-order valence-corrected chi connectivity index (χ0v) is 23.9. The van der Waals surface area contributed by atoms with E-state index in [9.17, 15) is 31.0 Å². The zero-order valence-electron chi connectivity index (χ0n) is 22.3. The Morgan fingerprint density at radius 1 is 0.500 bits per heavy atom. The first-order valence-electron chi connectivity index (χ1n) is 12.4. The summed E-state index contributed by atoms with van der Waals surface area (Å²) < 4.78 is 68.3. The number of hydrogen-bond donors (Lipinski definition) is 4. The molecular weight excluding hydrogens is 610 g/mol. The van der Waals surface area contributed by atoms with E-state index >= 15 is 0 Å².